The lowest BCUT2D eigenvalue weighted by Gasteiger charge is -2.31. The Hall–Kier alpha value is -3.02. The van der Waals surface area contributed by atoms with Crippen LogP contribution in [0.25, 0.3) is 11.3 Å². The van der Waals surface area contributed by atoms with Crippen molar-refractivity contribution >= 4 is 5.91 Å². The van der Waals surface area contributed by atoms with Crippen molar-refractivity contribution in [3.05, 3.63) is 77.9 Å². The van der Waals surface area contributed by atoms with E-state index in [2.05, 4.69) is 4.98 Å². The van der Waals surface area contributed by atoms with E-state index in [-0.39, 0.29) is 23.5 Å². The lowest BCUT2D eigenvalue weighted by molar-refractivity contribution is 0.0698. The molecule has 0 aliphatic carbocycles. The van der Waals surface area contributed by atoms with E-state index in [4.69, 9.17) is 4.42 Å². The molecule has 1 aliphatic rings. The van der Waals surface area contributed by atoms with Gasteiger partial charge in [-0.15, -0.1) is 0 Å². The van der Waals surface area contributed by atoms with Crippen molar-refractivity contribution in [2.45, 2.75) is 18.8 Å². The average molecular weight is 368 g/mol. The number of piperidine rings is 1. The van der Waals surface area contributed by atoms with Gasteiger partial charge in [-0.1, -0.05) is 12.1 Å². The number of hydrogen-bond acceptors (Lipinski definition) is 3. The summed E-state index contributed by atoms with van der Waals surface area (Å²) in [4.78, 5) is 18.8. The van der Waals surface area contributed by atoms with E-state index in [9.17, 15) is 13.6 Å². The Kier molecular flexibility index (Phi) is 4.71. The number of nitrogens with zero attached hydrogens (tertiary/aromatic N) is 2. The number of amides is 1. The molecule has 1 aliphatic heterocycles. The predicted molar refractivity (Wildman–Crippen MR) is 96.2 cm³/mol. The van der Waals surface area contributed by atoms with Gasteiger partial charge in [0.25, 0.3) is 5.91 Å². The van der Waals surface area contributed by atoms with Gasteiger partial charge < -0.3 is 9.32 Å². The van der Waals surface area contributed by atoms with Crippen LogP contribution >= 0.6 is 0 Å². The third-order valence-electron chi connectivity index (χ3n) is 4.82. The Bertz CT molecular complexity index is 953. The maximum absolute atomic E-state index is 13.9. The van der Waals surface area contributed by atoms with Crippen molar-refractivity contribution < 1.29 is 18.0 Å². The maximum Gasteiger partial charge on any atom is 0.253 e. The molecule has 0 spiro atoms. The fraction of sp³-hybridized carbons (Fsp3) is 0.238. The minimum Gasteiger partial charge on any atom is -0.448 e. The molecule has 1 unspecified atom stereocenters. The summed E-state index contributed by atoms with van der Waals surface area (Å²) in [5.74, 6) is -0.410. The van der Waals surface area contributed by atoms with Crippen LogP contribution in [0, 0.1) is 11.6 Å². The first-order valence-corrected chi connectivity index (χ1v) is 8.87. The zero-order valence-corrected chi connectivity index (χ0v) is 14.6. The van der Waals surface area contributed by atoms with Gasteiger partial charge in [0.2, 0.25) is 0 Å². The van der Waals surface area contributed by atoms with Crippen molar-refractivity contribution in [2.24, 2.45) is 0 Å². The molecular weight excluding hydrogens is 350 g/mol. The van der Waals surface area contributed by atoms with E-state index < -0.39 is 0 Å². The molecule has 1 saturated heterocycles. The molecule has 4 rings (SSSR count). The highest BCUT2D eigenvalue weighted by Gasteiger charge is 2.28. The second-order valence-electron chi connectivity index (χ2n) is 6.65. The fourth-order valence-electron chi connectivity index (χ4n) is 3.41. The highest BCUT2D eigenvalue weighted by atomic mass is 19.1. The zero-order chi connectivity index (χ0) is 18.8. The van der Waals surface area contributed by atoms with Crippen molar-refractivity contribution in [1.82, 2.24) is 9.88 Å². The number of aromatic nitrogens is 1. The lowest BCUT2D eigenvalue weighted by atomic mass is 9.97. The van der Waals surface area contributed by atoms with Crippen LogP contribution in [0.15, 0.2) is 59.2 Å². The highest BCUT2D eigenvalue weighted by Crippen LogP contribution is 2.30. The van der Waals surface area contributed by atoms with Crippen molar-refractivity contribution in [1.29, 1.82) is 0 Å². The number of oxazole rings is 1. The third-order valence-corrected chi connectivity index (χ3v) is 4.82. The summed E-state index contributed by atoms with van der Waals surface area (Å²) >= 11 is 0. The van der Waals surface area contributed by atoms with Crippen LogP contribution in [-0.4, -0.2) is 28.9 Å². The smallest absolute Gasteiger partial charge is 0.253 e. The molecule has 0 N–H and O–H groups in total. The van der Waals surface area contributed by atoms with E-state index in [1.54, 1.807) is 23.1 Å². The Morgan fingerprint density at radius 2 is 1.89 bits per heavy atom. The van der Waals surface area contributed by atoms with Crippen molar-refractivity contribution in [3.8, 4) is 11.3 Å². The SMILES string of the molecule is O=C(c1ccc(F)cc1)N1CCCC(c2nc(-c3ccccc3F)co2)C1. The van der Waals surface area contributed by atoms with Gasteiger partial charge in [-0.3, -0.25) is 4.79 Å². The van der Waals surface area contributed by atoms with E-state index in [1.165, 1.54) is 36.6 Å². The monoisotopic (exact) mass is 368 g/mol. The summed E-state index contributed by atoms with van der Waals surface area (Å²) in [7, 11) is 0. The van der Waals surface area contributed by atoms with Crippen LogP contribution in [-0.2, 0) is 0 Å². The molecule has 4 nitrogen and oxygen atoms in total. The second kappa shape index (κ2) is 7.31. The minimum absolute atomic E-state index is 0.0522. The number of halogens is 2. The standard InChI is InChI=1S/C21H18F2N2O2/c22-16-9-7-14(8-10-16)21(26)25-11-3-4-15(12-25)20-24-19(13-27-20)17-5-1-2-6-18(17)23/h1-2,5-10,13,15H,3-4,11-12H2. The summed E-state index contributed by atoms with van der Waals surface area (Å²) in [5, 5.41) is 0. The molecule has 0 bridgehead atoms. The molecule has 27 heavy (non-hydrogen) atoms. The molecule has 2 aromatic carbocycles. The van der Waals surface area contributed by atoms with Crippen molar-refractivity contribution in [2.75, 3.05) is 13.1 Å². The van der Waals surface area contributed by atoms with Gasteiger partial charge in [0, 0.05) is 24.2 Å². The van der Waals surface area contributed by atoms with Crippen LogP contribution in [0.1, 0.15) is 35.0 Å². The average Bonchev–Trinajstić information content (AvgIpc) is 3.18. The van der Waals surface area contributed by atoms with E-state index >= 15 is 0 Å². The van der Waals surface area contributed by atoms with Crippen LogP contribution in [0.2, 0.25) is 0 Å². The Balaban J connectivity index is 1.51. The second-order valence-corrected chi connectivity index (χ2v) is 6.65. The Morgan fingerprint density at radius 1 is 1.11 bits per heavy atom. The first-order chi connectivity index (χ1) is 13.1. The largest absolute Gasteiger partial charge is 0.448 e. The first-order valence-electron chi connectivity index (χ1n) is 8.87. The summed E-state index contributed by atoms with van der Waals surface area (Å²) < 4.78 is 32.6. The number of carbonyl (C=O) groups excluding carboxylic acids is 1. The van der Waals surface area contributed by atoms with E-state index in [1.807, 2.05) is 0 Å². The van der Waals surface area contributed by atoms with E-state index in [0.717, 1.165) is 12.8 Å². The maximum atomic E-state index is 13.9. The molecule has 1 amide bonds. The van der Waals surface area contributed by atoms with Gasteiger partial charge in [-0.05, 0) is 49.2 Å². The molecule has 1 fully saturated rings. The third kappa shape index (κ3) is 3.60. The predicted octanol–water partition coefficient (Wildman–Crippen LogP) is 4.64. The van der Waals surface area contributed by atoms with E-state index in [0.29, 0.717) is 35.8 Å². The van der Waals surface area contributed by atoms with Gasteiger partial charge >= 0.3 is 0 Å². The molecule has 0 radical (unpaired) electrons. The molecule has 0 saturated carbocycles. The van der Waals surface area contributed by atoms with Gasteiger partial charge in [-0.2, -0.15) is 0 Å². The molecular formula is C21H18F2N2O2. The zero-order valence-electron chi connectivity index (χ0n) is 14.6. The topological polar surface area (TPSA) is 46.3 Å². The molecule has 2 heterocycles. The van der Waals surface area contributed by atoms with Crippen LogP contribution in [0.5, 0.6) is 0 Å². The van der Waals surface area contributed by atoms with Crippen LogP contribution < -0.4 is 0 Å². The lowest BCUT2D eigenvalue weighted by Crippen LogP contribution is -2.39. The fourth-order valence-corrected chi connectivity index (χ4v) is 3.41. The van der Waals surface area contributed by atoms with Crippen molar-refractivity contribution in [3.63, 3.8) is 0 Å². The molecule has 1 aromatic heterocycles. The summed E-state index contributed by atoms with van der Waals surface area (Å²) in [5.41, 5.74) is 1.30. The first kappa shape index (κ1) is 17.4. The number of rotatable bonds is 3. The van der Waals surface area contributed by atoms with Crippen LogP contribution in [0.3, 0.4) is 0 Å². The summed E-state index contributed by atoms with van der Waals surface area (Å²) in [6.45, 7) is 1.10. The molecule has 6 heteroatoms. The Labute approximate surface area is 155 Å². The van der Waals surface area contributed by atoms with Gasteiger partial charge in [0.15, 0.2) is 5.89 Å². The minimum atomic E-state index is -0.372. The highest BCUT2D eigenvalue weighted by molar-refractivity contribution is 5.94. The molecule has 3 aromatic rings. The number of benzene rings is 2. The summed E-state index contributed by atoms with van der Waals surface area (Å²) in [6, 6.07) is 11.9. The normalized spacial score (nSPS) is 17.1. The summed E-state index contributed by atoms with van der Waals surface area (Å²) in [6.07, 6.45) is 3.11. The van der Waals surface area contributed by atoms with Gasteiger partial charge in [0.1, 0.15) is 23.6 Å². The van der Waals surface area contributed by atoms with Crippen LogP contribution in [0.4, 0.5) is 8.78 Å². The molecule has 138 valence electrons. The van der Waals surface area contributed by atoms with Gasteiger partial charge in [-0.25, -0.2) is 13.8 Å². The van der Waals surface area contributed by atoms with Gasteiger partial charge in [0.05, 0.1) is 5.92 Å². The Morgan fingerprint density at radius 3 is 2.67 bits per heavy atom. The molecule has 1 atom stereocenters. The quantitative estimate of drug-likeness (QED) is 0.677. The number of carbonyl (C=O) groups is 1. The number of likely N-dealkylation sites (tertiary alicyclic amines) is 1. The number of hydrogen-bond donors (Lipinski definition) is 0.